The molecule has 1 aromatic heterocycles. The molecule has 16 nitrogen and oxygen atoms in total. The van der Waals surface area contributed by atoms with Crippen molar-refractivity contribution in [2.45, 2.75) is 149 Å². The molecule has 1 saturated heterocycles. The summed E-state index contributed by atoms with van der Waals surface area (Å²) >= 11 is 0. The smallest absolute Gasteiger partial charge is 0.410 e. The molecule has 2 heterocycles. The van der Waals surface area contributed by atoms with Gasteiger partial charge in [0.2, 0.25) is 35.4 Å². The fraction of sp³-hybridized carbons (Fsp3) is 0.627. The number of methoxy groups -OCH3 is 2. The molecular formula is C51H77N7O9. The van der Waals surface area contributed by atoms with Crippen LogP contribution in [-0.2, 0) is 39.8 Å². The summed E-state index contributed by atoms with van der Waals surface area (Å²) in [6, 6.07) is 15.7. The molecule has 2 aromatic carbocycles. The summed E-state index contributed by atoms with van der Waals surface area (Å²) < 4.78 is 23.9. The number of likely N-dealkylation sites (N-methyl/N-ethyl adjacent to an activating group) is 2. The Morgan fingerprint density at radius 3 is 2.01 bits per heavy atom. The van der Waals surface area contributed by atoms with Crippen LogP contribution in [0.2, 0.25) is 0 Å². The van der Waals surface area contributed by atoms with E-state index >= 15 is 0 Å². The van der Waals surface area contributed by atoms with Crippen LogP contribution in [0.1, 0.15) is 112 Å². The minimum absolute atomic E-state index is 0.0362. The zero-order valence-corrected chi connectivity index (χ0v) is 42.3. The summed E-state index contributed by atoms with van der Waals surface area (Å²) in [5, 5.41) is 14.8. The molecular weight excluding hydrogens is 855 g/mol. The standard InChI is InChI=1S/C51H77N7O9/c1-15-33(6)43(56(11)49(62)41(31(2)3)53-46(61)42(32(4)5)57(12)50(63)67-51(8,9)10)39(64-13)30-40(59)58-28-22-27-38(58)44(65-14)34(7)45(60)52-37(29-35-23-18-16-19-24-35)48-55-54-47(66-48)36-25-20-17-21-26-36/h16-21,23-26,31-34,37-39,41-44H,15,22,27-30H2,1-14H3,(H,52,60)(H,53,61)/t33-,34+,37+,38-,39-,41-,42-,43-,44+/m0/s1. The van der Waals surface area contributed by atoms with Gasteiger partial charge in [-0.1, -0.05) is 103 Å². The van der Waals surface area contributed by atoms with Gasteiger partial charge in [0.25, 0.3) is 0 Å². The van der Waals surface area contributed by atoms with E-state index in [2.05, 4.69) is 20.8 Å². The number of nitrogens with zero attached hydrogens (tertiary/aromatic N) is 5. The summed E-state index contributed by atoms with van der Waals surface area (Å²) in [5.74, 6) is -2.07. The van der Waals surface area contributed by atoms with E-state index in [1.807, 2.05) is 102 Å². The second-order valence-corrected chi connectivity index (χ2v) is 19.7. The lowest BCUT2D eigenvalue weighted by Crippen LogP contribution is -2.60. The third-order valence-corrected chi connectivity index (χ3v) is 12.8. The monoisotopic (exact) mass is 932 g/mol. The molecule has 1 fully saturated rings. The average molecular weight is 932 g/mol. The van der Waals surface area contributed by atoms with Crippen LogP contribution in [0.5, 0.6) is 0 Å². The van der Waals surface area contributed by atoms with Crippen molar-refractivity contribution in [3.8, 4) is 11.5 Å². The topological polar surface area (TPSA) is 186 Å². The normalized spacial score (nSPS) is 17.7. The van der Waals surface area contributed by atoms with E-state index in [1.165, 1.54) is 19.1 Å². The zero-order chi connectivity index (χ0) is 49.7. The van der Waals surface area contributed by atoms with E-state index in [4.69, 9.17) is 18.6 Å². The summed E-state index contributed by atoms with van der Waals surface area (Å²) in [6.07, 6.45) is 0.384. The van der Waals surface area contributed by atoms with Crippen molar-refractivity contribution in [2.75, 3.05) is 34.9 Å². The molecule has 3 aromatic rings. The lowest BCUT2D eigenvalue weighted by atomic mass is 9.89. The molecule has 4 rings (SSSR count). The molecule has 1 aliphatic rings. The number of nitrogens with one attached hydrogen (secondary N) is 2. The lowest BCUT2D eigenvalue weighted by Gasteiger charge is -2.41. The van der Waals surface area contributed by atoms with E-state index < -0.39 is 65.9 Å². The van der Waals surface area contributed by atoms with Gasteiger partial charge < -0.3 is 39.1 Å². The summed E-state index contributed by atoms with van der Waals surface area (Å²) in [5.41, 5.74) is 0.972. The highest BCUT2D eigenvalue weighted by Gasteiger charge is 2.44. The molecule has 16 heteroatoms. The Bertz CT molecular complexity index is 2060. The highest BCUT2D eigenvalue weighted by atomic mass is 16.6. The quantitative estimate of drug-likeness (QED) is 0.105. The van der Waals surface area contributed by atoms with Gasteiger partial charge in [-0.25, -0.2) is 4.79 Å². The van der Waals surface area contributed by atoms with Crippen LogP contribution in [-0.4, -0.2) is 131 Å². The van der Waals surface area contributed by atoms with Crippen LogP contribution in [0.15, 0.2) is 65.1 Å². The number of hydrogen-bond donors (Lipinski definition) is 2. The largest absolute Gasteiger partial charge is 0.444 e. The van der Waals surface area contributed by atoms with Gasteiger partial charge in [-0.05, 0) is 69.1 Å². The van der Waals surface area contributed by atoms with Crippen LogP contribution in [0.3, 0.4) is 0 Å². The highest BCUT2D eigenvalue weighted by Crippen LogP contribution is 2.31. The number of likely N-dealkylation sites (tertiary alicyclic amines) is 1. The van der Waals surface area contributed by atoms with Gasteiger partial charge in [-0.3, -0.25) is 24.1 Å². The second-order valence-electron chi connectivity index (χ2n) is 19.7. The first-order valence-electron chi connectivity index (χ1n) is 23.7. The van der Waals surface area contributed by atoms with Crippen molar-refractivity contribution in [2.24, 2.45) is 23.7 Å². The first-order chi connectivity index (χ1) is 31.6. The third kappa shape index (κ3) is 14.3. The van der Waals surface area contributed by atoms with Crippen molar-refractivity contribution >= 4 is 29.7 Å². The van der Waals surface area contributed by atoms with E-state index in [-0.39, 0.29) is 47.8 Å². The van der Waals surface area contributed by atoms with Crippen LogP contribution in [0.25, 0.3) is 11.5 Å². The lowest BCUT2D eigenvalue weighted by molar-refractivity contribution is -0.148. The Morgan fingerprint density at radius 2 is 1.46 bits per heavy atom. The Labute approximate surface area is 398 Å². The molecule has 0 spiro atoms. The van der Waals surface area contributed by atoms with Gasteiger partial charge in [-0.2, -0.15) is 0 Å². The minimum Gasteiger partial charge on any atom is -0.444 e. The van der Waals surface area contributed by atoms with E-state index in [1.54, 1.807) is 51.7 Å². The summed E-state index contributed by atoms with van der Waals surface area (Å²) in [4.78, 5) is 75.0. The van der Waals surface area contributed by atoms with E-state index in [0.717, 1.165) is 11.1 Å². The fourth-order valence-corrected chi connectivity index (χ4v) is 9.08. The molecule has 1 aliphatic heterocycles. The van der Waals surface area contributed by atoms with Crippen molar-refractivity contribution in [3.05, 3.63) is 72.1 Å². The second kappa shape index (κ2) is 24.6. The maximum Gasteiger partial charge on any atom is 0.410 e. The van der Waals surface area contributed by atoms with Crippen molar-refractivity contribution in [1.82, 2.24) is 35.5 Å². The Balaban J connectivity index is 1.52. The van der Waals surface area contributed by atoms with Gasteiger partial charge >= 0.3 is 6.09 Å². The van der Waals surface area contributed by atoms with Gasteiger partial charge in [0.15, 0.2) is 0 Å². The van der Waals surface area contributed by atoms with Crippen LogP contribution >= 0.6 is 0 Å². The molecule has 9 atom stereocenters. The SMILES string of the molecule is CC[C@H](C)[C@@H]([C@H](CC(=O)N1CCC[C@H]1[C@H](OC)[C@@H](C)C(=O)N[C@H](Cc1ccccc1)c1nnc(-c2ccccc2)o1)OC)N(C)C(=O)[C@@H](NC(=O)[C@H](C(C)C)N(C)C(=O)OC(C)(C)C)C(C)C. The predicted molar refractivity (Wildman–Crippen MR) is 256 cm³/mol. The Kier molecular flexibility index (Phi) is 19.9. The molecule has 0 bridgehead atoms. The van der Waals surface area contributed by atoms with Crippen molar-refractivity contribution in [1.29, 1.82) is 0 Å². The Morgan fingerprint density at radius 1 is 0.836 bits per heavy atom. The molecule has 0 aliphatic carbocycles. The number of hydrogen-bond acceptors (Lipinski definition) is 11. The fourth-order valence-electron chi connectivity index (χ4n) is 9.08. The third-order valence-electron chi connectivity index (χ3n) is 12.8. The maximum absolute atomic E-state index is 14.6. The van der Waals surface area contributed by atoms with Crippen molar-refractivity contribution < 1.29 is 42.6 Å². The number of rotatable bonds is 22. The predicted octanol–water partition coefficient (Wildman–Crippen LogP) is 7.09. The maximum atomic E-state index is 14.6. The molecule has 370 valence electrons. The summed E-state index contributed by atoms with van der Waals surface area (Å²) in [6.45, 7) is 18.9. The average Bonchev–Trinajstić information content (AvgIpc) is 3.99. The van der Waals surface area contributed by atoms with Gasteiger partial charge in [0.05, 0.1) is 36.6 Å². The number of carbonyl (C=O) groups excluding carboxylic acids is 5. The van der Waals surface area contributed by atoms with E-state index in [9.17, 15) is 24.0 Å². The molecule has 0 radical (unpaired) electrons. The van der Waals surface area contributed by atoms with Gasteiger partial charge in [0, 0.05) is 46.8 Å². The molecule has 67 heavy (non-hydrogen) atoms. The van der Waals surface area contributed by atoms with Gasteiger partial charge in [0.1, 0.15) is 23.7 Å². The van der Waals surface area contributed by atoms with Gasteiger partial charge in [-0.15, -0.1) is 10.2 Å². The van der Waals surface area contributed by atoms with E-state index in [0.29, 0.717) is 38.1 Å². The number of benzene rings is 2. The number of aromatic nitrogens is 2. The molecule has 5 amide bonds. The van der Waals surface area contributed by atoms with Crippen LogP contribution in [0.4, 0.5) is 4.79 Å². The van der Waals surface area contributed by atoms with Crippen LogP contribution < -0.4 is 10.6 Å². The number of ether oxygens (including phenoxy) is 3. The first kappa shape index (κ1) is 54.3. The van der Waals surface area contributed by atoms with Crippen LogP contribution in [0, 0.1) is 23.7 Å². The highest BCUT2D eigenvalue weighted by molar-refractivity contribution is 5.92. The van der Waals surface area contributed by atoms with Crippen molar-refractivity contribution in [3.63, 3.8) is 0 Å². The Hall–Kier alpha value is -5.35. The minimum atomic E-state index is -0.943. The first-order valence-corrected chi connectivity index (χ1v) is 23.7. The number of carbonyl (C=O) groups is 5. The molecule has 0 unspecified atom stereocenters. The number of amides is 5. The summed E-state index contributed by atoms with van der Waals surface area (Å²) in [7, 11) is 6.30. The molecule has 0 saturated carbocycles. The zero-order valence-electron chi connectivity index (χ0n) is 42.3. The molecule has 2 N–H and O–H groups in total.